The monoisotopic (exact) mass is 529 g/mol. The Labute approximate surface area is 220 Å². The molecule has 0 saturated carbocycles. The molecule has 0 aliphatic heterocycles. The number of urea groups is 1. The summed E-state index contributed by atoms with van der Waals surface area (Å²) in [6, 6.07) is 19.5. The van der Waals surface area contributed by atoms with Crippen LogP contribution in [0.5, 0.6) is 0 Å². The van der Waals surface area contributed by atoms with Crippen LogP contribution in [0, 0.1) is 0 Å². The number of amides is 2. The van der Waals surface area contributed by atoms with Crippen LogP contribution in [0.4, 0.5) is 16.3 Å². The lowest BCUT2D eigenvalue weighted by Crippen LogP contribution is -2.19. The summed E-state index contributed by atoms with van der Waals surface area (Å²) in [6.07, 6.45) is 4.91. The molecule has 10 heteroatoms. The summed E-state index contributed by atoms with van der Waals surface area (Å²) in [6.45, 7) is 6.01. The number of benzene rings is 2. The van der Waals surface area contributed by atoms with E-state index < -0.39 is 15.9 Å². The highest BCUT2D eigenvalue weighted by Crippen LogP contribution is 2.27. The second-order valence-corrected chi connectivity index (χ2v) is 12.1. The Morgan fingerprint density at radius 3 is 2.21 bits per heavy atom. The van der Waals surface area contributed by atoms with Gasteiger partial charge in [0.25, 0.3) is 0 Å². The van der Waals surface area contributed by atoms with Crippen molar-refractivity contribution in [1.29, 1.82) is 0 Å². The number of aromatic nitrogens is 3. The van der Waals surface area contributed by atoms with E-state index in [2.05, 4.69) is 20.8 Å². The zero-order valence-corrected chi connectivity index (χ0v) is 22.2. The summed E-state index contributed by atoms with van der Waals surface area (Å²) in [5, 5.41) is 9.37. The van der Waals surface area contributed by atoms with Crippen LogP contribution >= 0.6 is 0 Å². The Hall–Kier alpha value is -4.44. The maximum atomic E-state index is 12.4. The van der Waals surface area contributed by atoms with Crippen molar-refractivity contribution in [3.05, 3.63) is 84.9 Å². The molecule has 0 aliphatic rings. The van der Waals surface area contributed by atoms with Crippen molar-refractivity contribution in [3.8, 4) is 22.4 Å². The van der Waals surface area contributed by atoms with Gasteiger partial charge in [-0.2, -0.15) is 0 Å². The highest BCUT2D eigenvalue weighted by Gasteiger charge is 2.20. The number of hydrogen-bond donors (Lipinski definition) is 2. The zero-order chi connectivity index (χ0) is 27.1. The molecule has 5 aromatic rings. The minimum atomic E-state index is -3.24. The van der Waals surface area contributed by atoms with E-state index in [-0.39, 0.29) is 10.3 Å². The number of nitrogens with one attached hydrogen (secondary N) is 2. The molecule has 3 heterocycles. The zero-order valence-electron chi connectivity index (χ0n) is 21.4. The Morgan fingerprint density at radius 2 is 1.58 bits per heavy atom. The van der Waals surface area contributed by atoms with Crippen molar-refractivity contribution in [2.24, 2.45) is 0 Å². The molecule has 0 aliphatic carbocycles. The van der Waals surface area contributed by atoms with Crippen molar-refractivity contribution in [2.45, 2.75) is 31.1 Å². The Morgan fingerprint density at radius 1 is 0.895 bits per heavy atom. The molecule has 38 heavy (non-hydrogen) atoms. The third kappa shape index (κ3) is 5.30. The first-order valence-electron chi connectivity index (χ1n) is 11.9. The van der Waals surface area contributed by atoms with E-state index in [1.165, 1.54) is 6.26 Å². The van der Waals surface area contributed by atoms with Crippen molar-refractivity contribution < 1.29 is 17.7 Å². The predicted octanol–water partition coefficient (Wildman–Crippen LogP) is 6.00. The van der Waals surface area contributed by atoms with Crippen LogP contribution in [0.1, 0.15) is 26.5 Å². The third-order valence-corrected chi connectivity index (χ3v) is 7.19. The van der Waals surface area contributed by atoms with E-state index in [0.717, 1.165) is 28.0 Å². The van der Waals surface area contributed by atoms with Gasteiger partial charge in [0.05, 0.1) is 16.8 Å². The van der Waals surface area contributed by atoms with E-state index in [0.29, 0.717) is 17.3 Å². The molecule has 0 fully saturated rings. The number of rotatable bonds is 5. The van der Waals surface area contributed by atoms with Crippen molar-refractivity contribution in [1.82, 2.24) is 14.5 Å². The Kier molecular flexibility index (Phi) is 6.28. The van der Waals surface area contributed by atoms with Gasteiger partial charge in [-0.15, -0.1) is 0 Å². The topological polar surface area (TPSA) is 119 Å². The largest absolute Gasteiger partial charge is 0.359 e. The molecular formula is C28H27N5O4S. The summed E-state index contributed by atoms with van der Waals surface area (Å²) in [5.41, 5.74) is 4.84. The second-order valence-electron chi connectivity index (χ2n) is 10.1. The molecule has 0 saturated heterocycles. The lowest BCUT2D eigenvalue weighted by atomic mass is 9.93. The number of pyridine rings is 1. The molecule has 0 spiro atoms. The van der Waals surface area contributed by atoms with Gasteiger partial charge < -0.3 is 9.84 Å². The minimum Gasteiger partial charge on any atom is -0.359 e. The molecule has 2 aromatic carbocycles. The smallest absolute Gasteiger partial charge is 0.324 e. The molecular weight excluding hydrogens is 502 g/mol. The van der Waals surface area contributed by atoms with Crippen LogP contribution in [0.25, 0.3) is 28.0 Å². The fraction of sp³-hybridized carbons (Fsp3) is 0.179. The molecule has 2 N–H and O–H groups in total. The number of nitrogens with zero attached hydrogens (tertiary/aromatic N) is 3. The van der Waals surface area contributed by atoms with Gasteiger partial charge in [0.2, 0.25) is 0 Å². The number of hydrogen-bond acceptors (Lipinski definition) is 6. The predicted molar refractivity (Wildman–Crippen MR) is 147 cm³/mol. The first-order chi connectivity index (χ1) is 18.0. The minimum absolute atomic E-state index is 0.204. The highest BCUT2D eigenvalue weighted by atomic mass is 32.2. The van der Waals surface area contributed by atoms with E-state index in [1.54, 1.807) is 36.5 Å². The number of carbonyl (C=O) groups excluding carboxylic acids is 1. The number of fused-ring (bicyclic) bond motifs is 1. The Balaban J connectivity index is 1.29. The molecule has 2 amide bonds. The average Bonchev–Trinajstić information content (AvgIpc) is 3.51. The van der Waals surface area contributed by atoms with Crippen LogP contribution in [-0.4, -0.2) is 35.2 Å². The van der Waals surface area contributed by atoms with Gasteiger partial charge in [-0.1, -0.05) is 50.2 Å². The maximum Gasteiger partial charge on any atom is 0.324 e. The Bertz CT molecular complexity index is 1730. The van der Waals surface area contributed by atoms with Crippen molar-refractivity contribution in [3.63, 3.8) is 0 Å². The number of sulfone groups is 1. The fourth-order valence-electron chi connectivity index (χ4n) is 3.96. The van der Waals surface area contributed by atoms with Crippen LogP contribution in [0.2, 0.25) is 0 Å². The number of carbonyl (C=O) groups is 1. The summed E-state index contributed by atoms with van der Waals surface area (Å²) in [4.78, 5) is 17.2. The standard InChI is InChI=1S/C28H27N5O4S/c1-28(2,3)24-16-25(32-37-24)31-27(34)30-21-9-5-19(6-10-21)23-17-29-26-15-20(13-14-33(23)26)18-7-11-22(12-8-18)38(4,35)36/h5-17H,1-4H3,(H2,30,31,32,34). The molecule has 0 radical (unpaired) electrons. The SMILES string of the molecule is CC(C)(C)c1cc(NC(=O)Nc2ccc(-c3cnc4cc(-c5ccc(S(C)(=O)=O)cc5)ccn34)cc2)no1. The normalized spacial score (nSPS) is 12.0. The van der Waals surface area contributed by atoms with Crippen LogP contribution in [-0.2, 0) is 15.3 Å². The number of anilines is 2. The van der Waals surface area contributed by atoms with Crippen molar-refractivity contribution >= 4 is 33.0 Å². The van der Waals surface area contributed by atoms with Crippen LogP contribution in [0.3, 0.4) is 0 Å². The van der Waals surface area contributed by atoms with E-state index >= 15 is 0 Å². The number of imidazole rings is 1. The highest BCUT2D eigenvalue weighted by molar-refractivity contribution is 7.90. The lowest BCUT2D eigenvalue weighted by molar-refractivity contribution is 0.262. The van der Waals surface area contributed by atoms with Gasteiger partial charge >= 0.3 is 6.03 Å². The third-order valence-electron chi connectivity index (χ3n) is 6.06. The molecule has 5 rings (SSSR count). The summed E-state index contributed by atoms with van der Waals surface area (Å²) >= 11 is 0. The maximum absolute atomic E-state index is 12.4. The van der Waals surface area contributed by atoms with Gasteiger partial charge in [0.15, 0.2) is 15.7 Å². The van der Waals surface area contributed by atoms with Crippen LogP contribution < -0.4 is 10.6 Å². The van der Waals surface area contributed by atoms with E-state index in [4.69, 9.17) is 4.52 Å². The molecule has 0 atom stereocenters. The first kappa shape index (κ1) is 25.2. The second kappa shape index (κ2) is 9.46. The van der Waals surface area contributed by atoms with Gasteiger partial charge in [0.1, 0.15) is 11.4 Å². The van der Waals surface area contributed by atoms with E-state index in [9.17, 15) is 13.2 Å². The first-order valence-corrected chi connectivity index (χ1v) is 13.8. The fourth-order valence-corrected chi connectivity index (χ4v) is 4.59. The van der Waals surface area contributed by atoms with Gasteiger partial charge in [-0.3, -0.25) is 9.72 Å². The average molecular weight is 530 g/mol. The quantitative estimate of drug-likeness (QED) is 0.288. The molecule has 0 unspecified atom stereocenters. The summed E-state index contributed by atoms with van der Waals surface area (Å²) in [7, 11) is -3.24. The molecule has 0 bridgehead atoms. The van der Waals surface area contributed by atoms with Gasteiger partial charge in [-0.25, -0.2) is 18.2 Å². The van der Waals surface area contributed by atoms with Crippen LogP contribution in [0.15, 0.2) is 88.5 Å². The van der Waals surface area contributed by atoms with Crippen molar-refractivity contribution in [2.75, 3.05) is 16.9 Å². The van der Waals surface area contributed by atoms with Gasteiger partial charge in [0, 0.05) is 35.2 Å². The summed E-state index contributed by atoms with van der Waals surface area (Å²) < 4.78 is 30.7. The molecule has 194 valence electrons. The molecule has 9 nitrogen and oxygen atoms in total. The van der Waals surface area contributed by atoms with Gasteiger partial charge in [-0.05, 0) is 47.5 Å². The van der Waals surface area contributed by atoms with E-state index in [1.807, 2.05) is 67.8 Å². The summed E-state index contributed by atoms with van der Waals surface area (Å²) in [5.74, 6) is 1.03. The molecule has 3 aromatic heterocycles. The lowest BCUT2D eigenvalue weighted by Gasteiger charge is -2.12.